The molecule has 0 saturated heterocycles. The molecule has 0 aliphatic heterocycles. The van der Waals surface area contributed by atoms with Gasteiger partial charge in [-0.25, -0.2) is 0 Å². The fourth-order valence-electron chi connectivity index (χ4n) is 5.19. The van der Waals surface area contributed by atoms with Gasteiger partial charge in [0, 0.05) is 22.3 Å². The lowest BCUT2D eigenvalue weighted by atomic mass is 9.73. The largest absolute Gasteiger partial charge is 0.289 e. The van der Waals surface area contributed by atoms with Gasteiger partial charge in [0.05, 0.1) is 0 Å². The van der Waals surface area contributed by atoms with Crippen molar-refractivity contribution >= 4 is 11.6 Å². The summed E-state index contributed by atoms with van der Waals surface area (Å²) in [4.78, 5) is 27.7. The molecule has 0 fully saturated rings. The minimum atomic E-state index is 0.0684. The number of benzene rings is 2. The Kier molecular flexibility index (Phi) is 8.84. The van der Waals surface area contributed by atoms with E-state index in [1.54, 1.807) is 0 Å². The molecule has 0 N–H and O–H groups in total. The molecule has 172 valence electrons. The molecule has 2 heteroatoms. The van der Waals surface area contributed by atoms with E-state index in [-0.39, 0.29) is 11.6 Å². The van der Waals surface area contributed by atoms with E-state index in [0.29, 0.717) is 11.1 Å². The molecule has 2 aromatic rings. The van der Waals surface area contributed by atoms with Crippen molar-refractivity contribution in [3.8, 4) is 0 Å². The number of carbonyl (C=O) groups is 2. The molecule has 0 amide bonds. The van der Waals surface area contributed by atoms with Gasteiger partial charge >= 0.3 is 0 Å². The van der Waals surface area contributed by atoms with Gasteiger partial charge in [-0.2, -0.15) is 0 Å². The van der Waals surface area contributed by atoms with Crippen LogP contribution in [0.5, 0.6) is 0 Å². The van der Waals surface area contributed by atoms with Gasteiger partial charge in [-0.3, -0.25) is 9.59 Å². The highest BCUT2D eigenvalue weighted by molar-refractivity contribution is 6.29. The number of hydrogen-bond donors (Lipinski definition) is 0. The molecule has 0 atom stereocenters. The summed E-state index contributed by atoms with van der Waals surface area (Å²) in [6, 6.07) is 7.44. The van der Waals surface area contributed by atoms with Gasteiger partial charge in [-0.05, 0) is 73.6 Å². The van der Waals surface area contributed by atoms with Gasteiger partial charge in [-0.15, -0.1) is 0 Å². The summed E-state index contributed by atoms with van der Waals surface area (Å²) in [7, 11) is 0. The number of hydrogen-bond acceptors (Lipinski definition) is 2. The van der Waals surface area contributed by atoms with Crippen LogP contribution in [0.3, 0.4) is 0 Å². The predicted molar refractivity (Wildman–Crippen MR) is 134 cm³/mol. The Bertz CT molecular complexity index is 889. The molecule has 1 aliphatic carbocycles. The highest BCUT2D eigenvalue weighted by Gasteiger charge is 2.36. The van der Waals surface area contributed by atoms with Crippen molar-refractivity contribution in [2.75, 3.05) is 0 Å². The first-order valence-electron chi connectivity index (χ1n) is 13.0. The first kappa shape index (κ1) is 24.4. The second kappa shape index (κ2) is 11.6. The van der Waals surface area contributed by atoms with Crippen molar-refractivity contribution in [1.29, 1.82) is 0 Å². The van der Waals surface area contributed by atoms with Gasteiger partial charge in [0.15, 0.2) is 11.6 Å². The summed E-state index contributed by atoms with van der Waals surface area (Å²) in [5.74, 6) is 0.137. The van der Waals surface area contributed by atoms with Crippen LogP contribution in [0.25, 0.3) is 0 Å². The van der Waals surface area contributed by atoms with Crippen LogP contribution >= 0.6 is 0 Å². The van der Waals surface area contributed by atoms with Crippen molar-refractivity contribution in [2.24, 2.45) is 0 Å². The minimum Gasteiger partial charge on any atom is -0.289 e. The lowest BCUT2D eigenvalue weighted by Gasteiger charge is -2.29. The monoisotopic (exact) mass is 432 g/mol. The Morgan fingerprint density at radius 2 is 0.812 bits per heavy atom. The lowest BCUT2D eigenvalue weighted by Crippen LogP contribution is -2.27. The summed E-state index contributed by atoms with van der Waals surface area (Å²) in [6.07, 6.45) is 12.6. The standard InChI is InChI=1S/C30H40O2/c1-5-9-15-21-22(16-10-6-2)24(18-12-8-4)28-27(23(21)17-11-7-3)29(31)25-19-13-14-20-26(25)30(28)32/h13-14,19-20H,5-12,15-18H2,1-4H3. The van der Waals surface area contributed by atoms with Crippen LogP contribution < -0.4 is 0 Å². The summed E-state index contributed by atoms with van der Waals surface area (Å²) >= 11 is 0. The average Bonchev–Trinajstić information content (AvgIpc) is 2.82. The smallest absolute Gasteiger partial charge is 0.194 e. The maximum atomic E-state index is 13.9. The van der Waals surface area contributed by atoms with E-state index in [1.165, 1.54) is 22.3 Å². The number of fused-ring (bicyclic) bond motifs is 2. The van der Waals surface area contributed by atoms with Crippen molar-refractivity contribution in [3.63, 3.8) is 0 Å². The molecule has 32 heavy (non-hydrogen) atoms. The molecule has 1 aliphatic rings. The van der Waals surface area contributed by atoms with E-state index in [4.69, 9.17) is 0 Å². The first-order chi connectivity index (χ1) is 15.6. The topological polar surface area (TPSA) is 34.1 Å². The van der Waals surface area contributed by atoms with Crippen LogP contribution in [0.15, 0.2) is 24.3 Å². The molecular weight excluding hydrogens is 392 g/mol. The normalized spacial score (nSPS) is 12.8. The van der Waals surface area contributed by atoms with Crippen molar-refractivity contribution < 1.29 is 9.59 Å². The number of rotatable bonds is 12. The van der Waals surface area contributed by atoms with E-state index in [1.807, 2.05) is 24.3 Å². The van der Waals surface area contributed by atoms with E-state index in [2.05, 4.69) is 27.7 Å². The van der Waals surface area contributed by atoms with Crippen LogP contribution in [0.2, 0.25) is 0 Å². The molecular formula is C30H40O2. The zero-order valence-electron chi connectivity index (χ0n) is 20.6. The fourth-order valence-corrected chi connectivity index (χ4v) is 5.19. The Morgan fingerprint density at radius 1 is 0.500 bits per heavy atom. The Labute approximate surface area is 194 Å². The third-order valence-corrected chi connectivity index (χ3v) is 6.94. The quantitative estimate of drug-likeness (QED) is 0.292. The van der Waals surface area contributed by atoms with Gasteiger partial charge in [-0.1, -0.05) is 77.6 Å². The molecule has 0 spiro atoms. The van der Waals surface area contributed by atoms with Crippen LogP contribution in [0.4, 0.5) is 0 Å². The lowest BCUT2D eigenvalue weighted by molar-refractivity contribution is 0.0977. The van der Waals surface area contributed by atoms with E-state index in [0.717, 1.165) is 88.2 Å². The van der Waals surface area contributed by atoms with Crippen molar-refractivity contribution in [1.82, 2.24) is 0 Å². The van der Waals surface area contributed by atoms with E-state index >= 15 is 0 Å². The van der Waals surface area contributed by atoms with E-state index < -0.39 is 0 Å². The SMILES string of the molecule is CCCCc1c(CCCC)c(CCCC)c2c(c1CCCC)C(=O)c1ccccc1C2=O. The zero-order chi connectivity index (χ0) is 23.1. The first-order valence-corrected chi connectivity index (χ1v) is 13.0. The van der Waals surface area contributed by atoms with E-state index in [9.17, 15) is 9.59 Å². The third-order valence-electron chi connectivity index (χ3n) is 6.94. The fraction of sp³-hybridized carbons (Fsp3) is 0.533. The molecule has 0 bridgehead atoms. The van der Waals surface area contributed by atoms with Gasteiger partial charge in [0.2, 0.25) is 0 Å². The molecule has 0 saturated carbocycles. The van der Waals surface area contributed by atoms with Crippen LogP contribution in [-0.4, -0.2) is 11.6 Å². The van der Waals surface area contributed by atoms with Crippen molar-refractivity contribution in [3.05, 3.63) is 68.8 Å². The van der Waals surface area contributed by atoms with Gasteiger partial charge < -0.3 is 0 Å². The second-order valence-electron chi connectivity index (χ2n) is 9.28. The minimum absolute atomic E-state index is 0.0684. The summed E-state index contributed by atoms with van der Waals surface area (Å²) in [6.45, 7) is 8.87. The summed E-state index contributed by atoms with van der Waals surface area (Å²) in [5.41, 5.74) is 7.86. The highest BCUT2D eigenvalue weighted by Crippen LogP contribution is 2.39. The zero-order valence-corrected chi connectivity index (χ0v) is 20.6. The summed E-state index contributed by atoms with van der Waals surface area (Å²) in [5, 5.41) is 0. The molecule has 3 rings (SSSR count). The number of unbranched alkanes of at least 4 members (excludes halogenated alkanes) is 4. The molecule has 2 aromatic carbocycles. The molecule has 0 aromatic heterocycles. The highest BCUT2D eigenvalue weighted by atomic mass is 16.1. The van der Waals surface area contributed by atoms with Crippen molar-refractivity contribution in [2.45, 2.75) is 105 Å². The summed E-state index contributed by atoms with van der Waals surface area (Å²) < 4.78 is 0. The third kappa shape index (κ3) is 4.75. The number of carbonyl (C=O) groups excluding carboxylic acids is 2. The molecule has 0 heterocycles. The molecule has 0 unspecified atom stereocenters. The molecule has 0 radical (unpaired) electrons. The van der Waals surface area contributed by atoms with Crippen LogP contribution in [-0.2, 0) is 25.7 Å². The Morgan fingerprint density at radius 3 is 1.12 bits per heavy atom. The molecule has 2 nitrogen and oxygen atoms in total. The predicted octanol–water partition coefficient (Wildman–Crippen LogP) is 7.83. The van der Waals surface area contributed by atoms with Gasteiger partial charge in [0.25, 0.3) is 0 Å². The maximum Gasteiger partial charge on any atom is 0.194 e. The Balaban J connectivity index is 2.36. The Hall–Kier alpha value is -2.22. The average molecular weight is 433 g/mol. The number of ketones is 2. The second-order valence-corrected chi connectivity index (χ2v) is 9.28. The maximum absolute atomic E-state index is 13.9. The van der Waals surface area contributed by atoms with Gasteiger partial charge in [0.1, 0.15) is 0 Å². The van der Waals surface area contributed by atoms with Crippen LogP contribution in [0, 0.1) is 0 Å². The van der Waals surface area contributed by atoms with Crippen LogP contribution in [0.1, 0.15) is 133 Å².